The summed E-state index contributed by atoms with van der Waals surface area (Å²) in [6.45, 7) is 10.1. The molecule has 1 heterocycles. The third-order valence-electron chi connectivity index (χ3n) is 5.53. The number of nitrogens with zero attached hydrogens (tertiary/aromatic N) is 1. The van der Waals surface area contributed by atoms with Crippen LogP contribution in [0.5, 0.6) is 0 Å². The van der Waals surface area contributed by atoms with Gasteiger partial charge < -0.3 is 4.90 Å². The largest absolute Gasteiger partial charge is 0.372 e. The van der Waals surface area contributed by atoms with E-state index in [1.54, 1.807) is 6.07 Å². The molecule has 0 amide bonds. The predicted molar refractivity (Wildman–Crippen MR) is 117 cm³/mol. The molecule has 2 aromatic rings. The highest BCUT2D eigenvalue weighted by Crippen LogP contribution is 2.49. The first-order chi connectivity index (χ1) is 12.9. The monoisotopic (exact) mass is 397 g/mol. The maximum atomic E-state index is 6.36. The van der Waals surface area contributed by atoms with E-state index >= 15 is 0 Å². The highest BCUT2D eigenvalue weighted by Gasteiger charge is 2.47. The van der Waals surface area contributed by atoms with Gasteiger partial charge in [-0.25, -0.2) is 0 Å². The van der Waals surface area contributed by atoms with Gasteiger partial charge in [0.1, 0.15) is 0 Å². The van der Waals surface area contributed by atoms with Crippen LogP contribution >= 0.6 is 23.2 Å². The Labute approximate surface area is 172 Å². The van der Waals surface area contributed by atoms with Crippen LogP contribution in [0.1, 0.15) is 25.0 Å². The molecule has 0 saturated carbocycles. The minimum Gasteiger partial charge on any atom is -0.372 e. The van der Waals surface area contributed by atoms with Crippen LogP contribution in [0.3, 0.4) is 0 Å². The van der Waals surface area contributed by atoms with Gasteiger partial charge in [-0.2, -0.15) is 0 Å². The van der Waals surface area contributed by atoms with Crippen molar-refractivity contribution in [2.24, 2.45) is 5.41 Å². The fourth-order valence-corrected chi connectivity index (χ4v) is 4.52. The van der Waals surface area contributed by atoms with E-state index in [1.165, 1.54) is 5.56 Å². The maximum Gasteiger partial charge on any atom is 0.0448 e. The molecule has 1 aliphatic heterocycles. The van der Waals surface area contributed by atoms with Crippen molar-refractivity contribution in [2.45, 2.75) is 25.8 Å². The fraction of sp³-hybridized carbons (Fsp3) is 0.250. The Morgan fingerprint density at radius 1 is 1.15 bits per heavy atom. The van der Waals surface area contributed by atoms with Gasteiger partial charge in [-0.1, -0.05) is 84.8 Å². The molecule has 1 nitrogen and oxygen atoms in total. The van der Waals surface area contributed by atoms with Gasteiger partial charge in [0, 0.05) is 34.0 Å². The molecule has 0 aromatic heterocycles. The van der Waals surface area contributed by atoms with Gasteiger partial charge in [0.2, 0.25) is 0 Å². The van der Waals surface area contributed by atoms with Crippen molar-refractivity contribution in [3.8, 4) is 0 Å². The standard InChI is InChI=1S/C24H25Cl2N/c1-4-11-23(3,5-2)24(20-14-21(25)16-22(26)15-20)12-13-27(18-24)17-19-9-7-6-8-10-19/h4-16H,2,17-18H2,1,3H3. The lowest BCUT2D eigenvalue weighted by Crippen LogP contribution is -2.44. The normalized spacial score (nSPS) is 21.6. The van der Waals surface area contributed by atoms with Crippen LogP contribution in [-0.2, 0) is 12.0 Å². The van der Waals surface area contributed by atoms with E-state index in [9.17, 15) is 0 Å². The molecule has 140 valence electrons. The Morgan fingerprint density at radius 3 is 2.41 bits per heavy atom. The molecule has 1 aliphatic rings. The van der Waals surface area contributed by atoms with E-state index < -0.39 is 0 Å². The third kappa shape index (κ3) is 3.85. The molecule has 0 aliphatic carbocycles. The van der Waals surface area contributed by atoms with Gasteiger partial charge in [0.05, 0.1) is 0 Å². The summed E-state index contributed by atoms with van der Waals surface area (Å²) < 4.78 is 0. The van der Waals surface area contributed by atoms with Gasteiger partial charge in [-0.15, -0.1) is 6.58 Å². The average molecular weight is 398 g/mol. The van der Waals surface area contributed by atoms with Gasteiger partial charge in [0.25, 0.3) is 0 Å². The second-order valence-electron chi connectivity index (χ2n) is 7.32. The molecule has 0 saturated heterocycles. The summed E-state index contributed by atoms with van der Waals surface area (Å²) in [5, 5.41) is 1.30. The number of hydrogen-bond acceptors (Lipinski definition) is 1. The van der Waals surface area contributed by atoms with E-state index in [1.807, 2.05) is 31.2 Å². The first-order valence-corrected chi connectivity index (χ1v) is 9.89. The van der Waals surface area contributed by atoms with Crippen LogP contribution in [0, 0.1) is 5.41 Å². The van der Waals surface area contributed by atoms with Crippen LogP contribution in [0.4, 0.5) is 0 Å². The van der Waals surface area contributed by atoms with Crippen molar-refractivity contribution < 1.29 is 0 Å². The average Bonchev–Trinajstić information content (AvgIpc) is 3.07. The topological polar surface area (TPSA) is 3.24 Å². The molecule has 2 aromatic carbocycles. The van der Waals surface area contributed by atoms with Crippen molar-refractivity contribution in [1.29, 1.82) is 0 Å². The Hall–Kier alpha value is -1.96. The molecule has 0 N–H and O–H groups in total. The van der Waals surface area contributed by atoms with Crippen molar-refractivity contribution in [1.82, 2.24) is 4.90 Å². The SMILES string of the molecule is C=CC(C)(C=CC)C1(c2cc(Cl)cc(Cl)c2)C=CN(Cc2ccccc2)C1. The molecule has 3 rings (SSSR count). The second kappa shape index (κ2) is 7.96. The lowest BCUT2D eigenvalue weighted by atomic mass is 9.61. The zero-order chi connectivity index (χ0) is 19.5. The molecule has 2 atom stereocenters. The zero-order valence-electron chi connectivity index (χ0n) is 15.8. The zero-order valence-corrected chi connectivity index (χ0v) is 17.3. The Kier molecular flexibility index (Phi) is 5.83. The quantitative estimate of drug-likeness (QED) is 0.472. The van der Waals surface area contributed by atoms with Crippen LogP contribution in [0.15, 0.2) is 85.6 Å². The number of hydrogen-bond donors (Lipinski definition) is 0. The molecular weight excluding hydrogens is 373 g/mol. The maximum absolute atomic E-state index is 6.36. The number of rotatable bonds is 6. The molecule has 0 radical (unpaired) electrons. The van der Waals surface area contributed by atoms with Crippen LogP contribution in [-0.4, -0.2) is 11.4 Å². The predicted octanol–water partition coefficient (Wildman–Crippen LogP) is 7.03. The molecule has 0 fully saturated rings. The minimum absolute atomic E-state index is 0.280. The number of benzene rings is 2. The van der Waals surface area contributed by atoms with Gasteiger partial charge >= 0.3 is 0 Å². The smallest absolute Gasteiger partial charge is 0.0448 e. The second-order valence-corrected chi connectivity index (χ2v) is 8.20. The lowest BCUT2D eigenvalue weighted by molar-refractivity contribution is 0.253. The summed E-state index contributed by atoms with van der Waals surface area (Å²) >= 11 is 12.7. The highest BCUT2D eigenvalue weighted by atomic mass is 35.5. The van der Waals surface area contributed by atoms with Crippen LogP contribution in [0.2, 0.25) is 10.0 Å². The lowest BCUT2D eigenvalue weighted by Gasteiger charge is -2.43. The van der Waals surface area contributed by atoms with Gasteiger partial charge in [0.15, 0.2) is 0 Å². The summed E-state index contributed by atoms with van der Waals surface area (Å²) in [6, 6.07) is 16.3. The molecule has 27 heavy (non-hydrogen) atoms. The van der Waals surface area contributed by atoms with Gasteiger partial charge in [-0.05, 0) is 42.4 Å². The first-order valence-electron chi connectivity index (χ1n) is 9.14. The van der Waals surface area contributed by atoms with E-state index in [0.717, 1.165) is 18.7 Å². The summed E-state index contributed by atoms with van der Waals surface area (Å²) in [5.41, 5.74) is 1.81. The highest BCUT2D eigenvalue weighted by molar-refractivity contribution is 6.34. The Morgan fingerprint density at radius 2 is 1.81 bits per heavy atom. The molecular formula is C24H25Cl2N. The number of allylic oxidation sites excluding steroid dienone is 3. The molecule has 2 unspecified atom stereocenters. The Balaban J connectivity index is 2.05. The minimum atomic E-state index is -0.301. The van der Waals surface area contributed by atoms with Gasteiger partial charge in [-0.3, -0.25) is 0 Å². The van der Waals surface area contributed by atoms with E-state index in [4.69, 9.17) is 23.2 Å². The van der Waals surface area contributed by atoms with E-state index in [-0.39, 0.29) is 10.8 Å². The first kappa shape index (κ1) is 19.8. The van der Waals surface area contributed by atoms with E-state index in [0.29, 0.717) is 10.0 Å². The fourth-order valence-electron chi connectivity index (χ4n) is 3.99. The summed E-state index contributed by atoms with van der Waals surface area (Å²) in [4.78, 5) is 2.34. The molecule has 0 spiro atoms. The Bertz CT molecular complexity index is 851. The number of halogens is 2. The van der Waals surface area contributed by atoms with Crippen LogP contribution in [0.25, 0.3) is 0 Å². The van der Waals surface area contributed by atoms with Crippen molar-refractivity contribution in [3.05, 3.63) is 107 Å². The summed E-state index contributed by atoms with van der Waals surface area (Å²) in [5.74, 6) is 0. The van der Waals surface area contributed by atoms with E-state index in [2.05, 4.69) is 67.1 Å². The van der Waals surface area contributed by atoms with Crippen LogP contribution < -0.4 is 0 Å². The third-order valence-corrected chi connectivity index (χ3v) is 5.96. The van der Waals surface area contributed by atoms with Crippen molar-refractivity contribution in [2.75, 3.05) is 6.54 Å². The van der Waals surface area contributed by atoms with Crippen molar-refractivity contribution in [3.63, 3.8) is 0 Å². The molecule has 0 bridgehead atoms. The summed E-state index contributed by atoms with van der Waals surface area (Å²) in [7, 11) is 0. The summed E-state index contributed by atoms with van der Waals surface area (Å²) in [6.07, 6.45) is 10.8. The molecule has 3 heteroatoms. The van der Waals surface area contributed by atoms with Crippen molar-refractivity contribution >= 4 is 23.2 Å².